The zero-order valence-corrected chi connectivity index (χ0v) is 11.0. The van der Waals surface area contributed by atoms with Crippen LogP contribution >= 0.6 is 0 Å². The largest absolute Gasteiger partial charge is 0.396 e. The van der Waals surface area contributed by atoms with Gasteiger partial charge < -0.3 is 10.2 Å². The van der Waals surface area contributed by atoms with Gasteiger partial charge >= 0.3 is 0 Å². The van der Waals surface area contributed by atoms with Crippen LogP contribution in [-0.2, 0) is 4.84 Å². The molecule has 2 N–H and O–H groups in total. The molecule has 1 unspecified atom stereocenters. The molecule has 5 heteroatoms. The average molecular weight is 238 g/mol. The van der Waals surface area contributed by atoms with E-state index in [4.69, 9.17) is 10.2 Å². The highest BCUT2D eigenvalue weighted by molar-refractivity contribution is 5.97. The van der Waals surface area contributed by atoms with Crippen LogP contribution in [0, 0.1) is 11.3 Å². The first kappa shape index (κ1) is 15.3. The van der Waals surface area contributed by atoms with E-state index in [1.165, 1.54) is 0 Å². The summed E-state index contributed by atoms with van der Waals surface area (Å²) in [5, 5.41) is 13.9. The van der Waals surface area contributed by atoms with E-state index in [-0.39, 0.29) is 12.0 Å². The molecule has 0 aliphatic heterocycles. The minimum atomic E-state index is 0.159. The first-order valence-corrected chi connectivity index (χ1v) is 5.77. The number of hydrogen-bond acceptors (Lipinski definition) is 3. The second-order valence-electron chi connectivity index (χ2n) is 3.83. The van der Waals surface area contributed by atoms with Gasteiger partial charge in [-0.3, -0.25) is 5.41 Å². The predicted molar refractivity (Wildman–Crippen MR) is 72.9 cm³/mol. The van der Waals surface area contributed by atoms with Crippen LogP contribution in [0.2, 0.25) is 0 Å². The van der Waals surface area contributed by atoms with Crippen molar-refractivity contribution in [1.29, 1.82) is 5.41 Å². The number of amidine groups is 1. The number of rotatable bonds is 7. The number of nitrogens with zero attached hydrogens (tertiary/aromatic N) is 2. The lowest BCUT2D eigenvalue weighted by molar-refractivity contribution is 0.159. The summed E-state index contributed by atoms with van der Waals surface area (Å²) in [6, 6.07) is 0.283. The van der Waals surface area contributed by atoms with Crippen molar-refractivity contribution in [2.75, 3.05) is 6.61 Å². The standard InChI is InChI=1S/C12H22N4O/c1-5-17-15-8-11(4)6-7-12(14-9-13)16-10(2)3/h6-11H,5H2,1-4H3,(H2,13,14,16)/b7-6+,15-8-. The number of nitrogens with one attached hydrogen (secondary N) is 2. The maximum atomic E-state index is 6.97. The van der Waals surface area contributed by atoms with Gasteiger partial charge in [-0.1, -0.05) is 18.2 Å². The summed E-state index contributed by atoms with van der Waals surface area (Å²) in [6.07, 6.45) is 6.53. The zero-order chi connectivity index (χ0) is 13.1. The fraction of sp³-hybridized carbons (Fsp3) is 0.583. The Labute approximate surface area is 103 Å². The quantitative estimate of drug-likeness (QED) is 0.405. The van der Waals surface area contributed by atoms with Crippen molar-refractivity contribution >= 4 is 18.4 Å². The lowest BCUT2D eigenvalue weighted by atomic mass is 10.2. The molecule has 0 radical (unpaired) electrons. The average Bonchev–Trinajstić information content (AvgIpc) is 2.26. The van der Waals surface area contributed by atoms with E-state index in [1.807, 2.05) is 39.8 Å². The summed E-state index contributed by atoms with van der Waals surface area (Å²) in [5.41, 5.74) is 0. The van der Waals surface area contributed by atoms with Crippen molar-refractivity contribution in [3.05, 3.63) is 12.2 Å². The fourth-order valence-electron chi connectivity index (χ4n) is 1.000. The van der Waals surface area contributed by atoms with Crippen LogP contribution in [0.15, 0.2) is 22.3 Å². The van der Waals surface area contributed by atoms with Crippen LogP contribution in [0.25, 0.3) is 0 Å². The lowest BCUT2D eigenvalue weighted by Crippen LogP contribution is -2.28. The van der Waals surface area contributed by atoms with Gasteiger partial charge in [0.1, 0.15) is 18.8 Å². The Morgan fingerprint density at radius 3 is 2.65 bits per heavy atom. The zero-order valence-electron chi connectivity index (χ0n) is 11.0. The third-order valence-corrected chi connectivity index (χ3v) is 1.70. The molecule has 0 aromatic rings. The van der Waals surface area contributed by atoms with Crippen LogP contribution in [-0.4, -0.2) is 31.0 Å². The highest BCUT2D eigenvalue weighted by atomic mass is 16.6. The number of hydrogen-bond donors (Lipinski definition) is 2. The maximum Gasteiger partial charge on any atom is 0.127 e. The van der Waals surface area contributed by atoms with Gasteiger partial charge in [0.25, 0.3) is 0 Å². The summed E-state index contributed by atoms with van der Waals surface area (Å²) in [4.78, 5) is 8.79. The molecule has 0 aromatic carbocycles. The second kappa shape index (κ2) is 9.57. The summed E-state index contributed by atoms with van der Waals surface area (Å²) in [7, 11) is 0. The molecule has 0 aliphatic carbocycles. The van der Waals surface area contributed by atoms with Gasteiger partial charge in [0.15, 0.2) is 0 Å². The Bertz CT molecular complexity index is 295. The molecule has 17 heavy (non-hydrogen) atoms. The topological polar surface area (TPSA) is 69.8 Å². The molecule has 0 aliphatic rings. The second-order valence-corrected chi connectivity index (χ2v) is 3.83. The minimum Gasteiger partial charge on any atom is -0.396 e. The number of aliphatic imine (C=N–C) groups is 1. The molecule has 0 bridgehead atoms. The molecule has 0 aromatic heterocycles. The predicted octanol–water partition coefficient (Wildman–Crippen LogP) is 2.20. The van der Waals surface area contributed by atoms with Crippen molar-refractivity contribution in [2.45, 2.75) is 33.7 Å². The van der Waals surface area contributed by atoms with Gasteiger partial charge in [-0.15, -0.1) is 0 Å². The van der Waals surface area contributed by atoms with Gasteiger partial charge in [-0.2, -0.15) is 0 Å². The molecule has 0 rings (SSSR count). The first-order chi connectivity index (χ1) is 8.10. The van der Waals surface area contributed by atoms with E-state index < -0.39 is 0 Å². The molecule has 96 valence electrons. The minimum absolute atomic E-state index is 0.159. The Morgan fingerprint density at radius 2 is 2.12 bits per heavy atom. The van der Waals surface area contributed by atoms with Gasteiger partial charge in [0, 0.05) is 12.0 Å². The van der Waals surface area contributed by atoms with Crippen LogP contribution in [0.4, 0.5) is 0 Å². The van der Waals surface area contributed by atoms with E-state index in [1.54, 1.807) is 6.21 Å². The van der Waals surface area contributed by atoms with E-state index in [9.17, 15) is 0 Å². The van der Waals surface area contributed by atoms with Crippen LogP contribution in [0.3, 0.4) is 0 Å². The number of allylic oxidation sites excluding steroid dienone is 1. The molecule has 0 fully saturated rings. The van der Waals surface area contributed by atoms with Gasteiger partial charge in [0.05, 0.1) is 6.21 Å². The molecule has 0 spiro atoms. The maximum absolute atomic E-state index is 6.97. The van der Waals surface area contributed by atoms with Crippen LogP contribution < -0.4 is 5.32 Å². The van der Waals surface area contributed by atoms with Crippen LogP contribution in [0.1, 0.15) is 27.7 Å². The fourth-order valence-corrected chi connectivity index (χ4v) is 1.000. The van der Waals surface area contributed by atoms with Crippen LogP contribution in [0.5, 0.6) is 0 Å². The normalized spacial score (nSPS) is 14.5. The summed E-state index contributed by atoms with van der Waals surface area (Å²) >= 11 is 0. The Morgan fingerprint density at radius 1 is 1.41 bits per heavy atom. The van der Waals surface area contributed by atoms with Crippen molar-refractivity contribution in [3.8, 4) is 0 Å². The molecule has 0 amide bonds. The van der Waals surface area contributed by atoms with Gasteiger partial charge in [0.2, 0.25) is 0 Å². The highest BCUT2D eigenvalue weighted by Crippen LogP contribution is 1.94. The Hall–Kier alpha value is -1.65. The summed E-state index contributed by atoms with van der Waals surface area (Å²) in [5.74, 6) is 0.832. The van der Waals surface area contributed by atoms with Gasteiger partial charge in [-0.25, -0.2) is 4.99 Å². The SMILES string of the molecule is CCO/N=C\C(C)/C=C/C(=N\C=N)NC(C)C. The molecule has 1 atom stereocenters. The van der Waals surface area contributed by atoms with Crippen molar-refractivity contribution in [1.82, 2.24) is 5.32 Å². The third kappa shape index (κ3) is 9.29. The van der Waals surface area contributed by atoms with E-state index in [0.717, 1.165) is 6.34 Å². The van der Waals surface area contributed by atoms with E-state index in [0.29, 0.717) is 12.4 Å². The molecule has 0 saturated carbocycles. The van der Waals surface area contributed by atoms with Crippen molar-refractivity contribution in [3.63, 3.8) is 0 Å². The molecule has 5 nitrogen and oxygen atoms in total. The molecular weight excluding hydrogens is 216 g/mol. The Balaban J connectivity index is 4.33. The molecule has 0 saturated heterocycles. The van der Waals surface area contributed by atoms with Gasteiger partial charge in [-0.05, 0) is 26.8 Å². The molecule has 0 heterocycles. The number of oxime groups is 1. The van der Waals surface area contributed by atoms with Crippen molar-refractivity contribution in [2.24, 2.45) is 16.1 Å². The molecular formula is C12H22N4O. The monoisotopic (exact) mass is 238 g/mol. The summed E-state index contributed by atoms with van der Waals surface area (Å²) in [6.45, 7) is 8.50. The first-order valence-electron chi connectivity index (χ1n) is 5.77. The Kier molecular flexibility index (Phi) is 8.64. The third-order valence-electron chi connectivity index (χ3n) is 1.70. The smallest absolute Gasteiger partial charge is 0.127 e. The lowest BCUT2D eigenvalue weighted by Gasteiger charge is -2.08. The highest BCUT2D eigenvalue weighted by Gasteiger charge is 1.97. The van der Waals surface area contributed by atoms with Crippen molar-refractivity contribution < 1.29 is 4.84 Å². The van der Waals surface area contributed by atoms with E-state index >= 15 is 0 Å². The van der Waals surface area contributed by atoms with E-state index in [2.05, 4.69) is 15.5 Å². The summed E-state index contributed by atoms with van der Waals surface area (Å²) < 4.78 is 0.